The second-order valence-corrected chi connectivity index (χ2v) is 5.65. The molecule has 0 atom stereocenters. The van der Waals surface area contributed by atoms with Gasteiger partial charge >= 0.3 is 0 Å². The summed E-state index contributed by atoms with van der Waals surface area (Å²) in [5, 5.41) is 3.17. The Morgan fingerprint density at radius 3 is 2.67 bits per heavy atom. The lowest BCUT2D eigenvalue weighted by Gasteiger charge is -2.24. The van der Waals surface area contributed by atoms with Crippen LogP contribution in [-0.2, 0) is 6.54 Å². The van der Waals surface area contributed by atoms with Crippen molar-refractivity contribution in [3.8, 4) is 0 Å². The number of halogens is 3. The maximum absolute atomic E-state index is 13.4. The molecule has 0 unspecified atom stereocenters. The molecular weight excluding hydrogens is 256 g/mol. The Kier molecular flexibility index (Phi) is 6.03. The van der Waals surface area contributed by atoms with Crippen molar-refractivity contribution in [3.63, 3.8) is 0 Å². The molecular formula is C14H20ClF2N. The van der Waals surface area contributed by atoms with E-state index in [0.717, 1.165) is 25.5 Å². The number of hydrogen-bond donors (Lipinski definition) is 1. The lowest BCUT2D eigenvalue weighted by Crippen LogP contribution is -2.29. The van der Waals surface area contributed by atoms with E-state index in [1.807, 2.05) is 0 Å². The predicted octanol–water partition coefficient (Wildman–Crippen LogP) is 4.10. The van der Waals surface area contributed by atoms with E-state index < -0.39 is 11.6 Å². The summed E-state index contributed by atoms with van der Waals surface area (Å²) in [5.74, 6) is -0.902. The van der Waals surface area contributed by atoms with Crippen LogP contribution in [0, 0.1) is 17.0 Å². The van der Waals surface area contributed by atoms with Gasteiger partial charge in [-0.05, 0) is 24.3 Å². The summed E-state index contributed by atoms with van der Waals surface area (Å²) in [6.45, 7) is 5.36. The van der Waals surface area contributed by atoms with Crippen LogP contribution in [-0.4, -0.2) is 12.4 Å². The average molecular weight is 276 g/mol. The molecule has 0 aliphatic rings. The first-order valence-corrected chi connectivity index (χ1v) is 6.69. The van der Waals surface area contributed by atoms with Crippen LogP contribution >= 0.6 is 11.6 Å². The first-order valence-electron chi connectivity index (χ1n) is 6.16. The van der Waals surface area contributed by atoms with Crippen molar-refractivity contribution in [2.24, 2.45) is 5.41 Å². The van der Waals surface area contributed by atoms with Gasteiger partial charge in [0.1, 0.15) is 0 Å². The molecule has 1 N–H and O–H groups in total. The summed E-state index contributed by atoms with van der Waals surface area (Å²) in [6.07, 6.45) is 1.97. The maximum Gasteiger partial charge on any atom is 0.163 e. The van der Waals surface area contributed by atoms with E-state index in [1.165, 1.54) is 6.07 Å². The van der Waals surface area contributed by atoms with E-state index in [2.05, 4.69) is 19.2 Å². The number of rotatable bonds is 7. The highest BCUT2D eigenvalue weighted by molar-refractivity contribution is 6.17. The van der Waals surface area contributed by atoms with E-state index in [1.54, 1.807) is 6.07 Å². The molecule has 102 valence electrons. The molecule has 0 heterocycles. The molecule has 0 aliphatic heterocycles. The molecule has 0 radical (unpaired) electrons. The number of hydrogen-bond acceptors (Lipinski definition) is 1. The number of benzene rings is 1. The Labute approximate surface area is 113 Å². The lowest BCUT2D eigenvalue weighted by molar-refractivity contribution is 0.310. The fraction of sp³-hybridized carbons (Fsp3) is 0.571. The molecule has 18 heavy (non-hydrogen) atoms. The molecule has 0 saturated heterocycles. The van der Waals surface area contributed by atoms with Crippen LogP contribution in [0.5, 0.6) is 0 Å². The molecule has 0 fully saturated rings. The highest BCUT2D eigenvalue weighted by Gasteiger charge is 2.17. The SMILES string of the molecule is CC(C)(CCCCl)CNCc1cccc(F)c1F. The van der Waals surface area contributed by atoms with Crippen LogP contribution < -0.4 is 5.32 Å². The summed E-state index contributed by atoms with van der Waals surface area (Å²) in [5.41, 5.74) is 0.474. The highest BCUT2D eigenvalue weighted by atomic mass is 35.5. The molecule has 4 heteroatoms. The van der Waals surface area contributed by atoms with E-state index >= 15 is 0 Å². The van der Waals surface area contributed by atoms with Crippen molar-refractivity contribution in [2.45, 2.75) is 33.2 Å². The van der Waals surface area contributed by atoms with Crippen molar-refractivity contribution in [1.29, 1.82) is 0 Å². The predicted molar refractivity (Wildman–Crippen MR) is 71.8 cm³/mol. The largest absolute Gasteiger partial charge is 0.312 e. The van der Waals surface area contributed by atoms with E-state index in [9.17, 15) is 8.78 Å². The molecule has 0 saturated carbocycles. The van der Waals surface area contributed by atoms with Crippen LogP contribution in [0.3, 0.4) is 0 Å². The Bertz CT molecular complexity index is 380. The third-order valence-corrected chi connectivity index (χ3v) is 3.21. The van der Waals surface area contributed by atoms with Crippen molar-refractivity contribution >= 4 is 11.6 Å². The van der Waals surface area contributed by atoms with Gasteiger partial charge in [0.2, 0.25) is 0 Å². The summed E-state index contributed by atoms with van der Waals surface area (Å²) >= 11 is 5.66. The second-order valence-electron chi connectivity index (χ2n) is 5.27. The molecule has 0 aromatic heterocycles. The number of nitrogens with one attached hydrogen (secondary N) is 1. The third kappa shape index (κ3) is 4.91. The van der Waals surface area contributed by atoms with Gasteiger partial charge in [-0.3, -0.25) is 0 Å². The van der Waals surface area contributed by atoms with Crippen molar-refractivity contribution in [3.05, 3.63) is 35.4 Å². The lowest BCUT2D eigenvalue weighted by atomic mass is 9.88. The molecule has 1 aromatic carbocycles. The van der Waals surface area contributed by atoms with Crippen LogP contribution in [0.4, 0.5) is 8.78 Å². The van der Waals surface area contributed by atoms with Gasteiger partial charge in [0.15, 0.2) is 11.6 Å². The normalized spacial score (nSPS) is 11.8. The second kappa shape index (κ2) is 7.05. The van der Waals surface area contributed by atoms with Crippen molar-refractivity contribution in [1.82, 2.24) is 5.32 Å². The molecule has 0 amide bonds. The Morgan fingerprint density at radius 1 is 1.28 bits per heavy atom. The van der Waals surface area contributed by atoms with Gasteiger partial charge in [0.05, 0.1) is 0 Å². The standard InChI is InChI=1S/C14H20ClF2N/c1-14(2,7-4-8-15)10-18-9-11-5-3-6-12(16)13(11)17/h3,5-6,18H,4,7-10H2,1-2H3. The number of alkyl halides is 1. The highest BCUT2D eigenvalue weighted by Crippen LogP contribution is 2.21. The molecule has 0 bridgehead atoms. The molecule has 1 nitrogen and oxygen atoms in total. The Hall–Kier alpha value is -0.670. The summed E-state index contributed by atoms with van der Waals surface area (Å²) < 4.78 is 26.4. The van der Waals surface area contributed by atoms with Gasteiger partial charge < -0.3 is 5.32 Å². The minimum atomic E-state index is -0.796. The van der Waals surface area contributed by atoms with Gasteiger partial charge in [-0.2, -0.15) is 0 Å². The topological polar surface area (TPSA) is 12.0 Å². The molecule has 0 spiro atoms. The first-order chi connectivity index (χ1) is 8.46. The van der Waals surface area contributed by atoms with E-state index in [-0.39, 0.29) is 5.41 Å². The quantitative estimate of drug-likeness (QED) is 0.739. The Balaban J connectivity index is 2.44. The molecule has 1 rings (SSSR count). The fourth-order valence-electron chi connectivity index (χ4n) is 1.85. The van der Waals surface area contributed by atoms with Crippen molar-refractivity contribution < 1.29 is 8.78 Å². The van der Waals surface area contributed by atoms with Gasteiger partial charge in [-0.1, -0.05) is 26.0 Å². The zero-order chi connectivity index (χ0) is 13.6. The maximum atomic E-state index is 13.4. The average Bonchev–Trinajstić information content (AvgIpc) is 2.32. The van der Waals surface area contributed by atoms with E-state index in [4.69, 9.17) is 11.6 Å². The van der Waals surface area contributed by atoms with Crippen LogP contribution in [0.2, 0.25) is 0 Å². The van der Waals surface area contributed by atoms with Gasteiger partial charge in [-0.25, -0.2) is 8.78 Å². The minimum Gasteiger partial charge on any atom is -0.312 e. The summed E-state index contributed by atoms with van der Waals surface area (Å²) in [6, 6.07) is 4.24. The zero-order valence-corrected chi connectivity index (χ0v) is 11.7. The zero-order valence-electron chi connectivity index (χ0n) is 10.9. The van der Waals surface area contributed by atoms with Crippen LogP contribution in [0.25, 0.3) is 0 Å². The molecule has 0 aliphatic carbocycles. The van der Waals surface area contributed by atoms with Gasteiger partial charge in [0, 0.05) is 24.5 Å². The third-order valence-electron chi connectivity index (χ3n) is 2.94. The van der Waals surface area contributed by atoms with Crippen molar-refractivity contribution in [2.75, 3.05) is 12.4 Å². The minimum absolute atomic E-state index is 0.110. The van der Waals surface area contributed by atoms with Crippen LogP contribution in [0.1, 0.15) is 32.3 Å². The van der Waals surface area contributed by atoms with Gasteiger partial charge in [0.25, 0.3) is 0 Å². The Morgan fingerprint density at radius 2 is 2.00 bits per heavy atom. The monoisotopic (exact) mass is 275 g/mol. The van der Waals surface area contributed by atoms with Crippen LogP contribution in [0.15, 0.2) is 18.2 Å². The summed E-state index contributed by atoms with van der Waals surface area (Å²) in [4.78, 5) is 0. The van der Waals surface area contributed by atoms with E-state index in [0.29, 0.717) is 18.0 Å². The molecule has 1 aromatic rings. The fourth-order valence-corrected chi connectivity index (χ4v) is 1.99. The summed E-state index contributed by atoms with van der Waals surface area (Å²) in [7, 11) is 0. The smallest absolute Gasteiger partial charge is 0.163 e. The van der Waals surface area contributed by atoms with Gasteiger partial charge in [-0.15, -0.1) is 11.6 Å². The first kappa shape index (κ1) is 15.4.